The lowest BCUT2D eigenvalue weighted by Gasteiger charge is -2.24. The summed E-state index contributed by atoms with van der Waals surface area (Å²) in [5.41, 5.74) is 0.488. The molecule has 8 nitrogen and oxygen atoms in total. The Labute approximate surface area is 156 Å². The second-order valence-electron chi connectivity index (χ2n) is 5.87. The minimum absolute atomic E-state index is 0.00238. The van der Waals surface area contributed by atoms with Crippen LogP contribution in [-0.4, -0.2) is 68.3 Å². The summed E-state index contributed by atoms with van der Waals surface area (Å²) < 4.78 is 10.2. The van der Waals surface area contributed by atoms with Crippen molar-refractivity contribution in [3.8, 4) is 5.75 Å². The van der Waals surface area contributed by atoms with E-state index >= 15 is 0 Å². The van der Waals surface area contributed by atoms with Crippen molar-refractivity contribution in [3.05, 3.63) is 23.2 Å². The first-order valence-electron chi connectivity index (χ1n) is 8.00. The van der Waals surface area contributed by atoms with Crippen molar-refractivity contribution in [1.29, 1.82) is 0 Å². The predicted octanol–water partition coefficient (Wildman–Crippen LogP) is 1.26. The number of hydrogen-bond acceptors (Lipinski definition) is 5. The molecule has 1 aromatic rings. The molecule has 1 heterocycles. The van der Waals surface area contributed by atoms with Gasteiger partial charge in [-0.05, 0) is 18.2 Å². The highest BCUT2D eigenvalue weighted by atomic mass is 35.5. The van der Waals surface area contributed by atoms with Gasteiger partial charge in [-0.3, -0.25) is 14.4 Å². The number of carbonyl (C=O) groups is 3. The van der Waals surface area contributed by atoms with Gasteiger partial charge in [0.15, 0.2) is 0 Å². The number of benzene rings is 1. The molecule has 1 aromatic carbocycles. The van der Waals surface area contributed by atoms with Crippen LogP contribution in [0.1, 0.15) is 6.42 Å². The number of ether oxygens (including phenoxy) is 2. The lowest BCUT2D eigenvalue weighted by atomic mass is 10.1. The molecular weight excluding hydrogens is 364 g/mol. The SMILES string of the molecule is COCCN(CC(=O)O)C(=O)C1CC(=O)N(c2cc(Cl)ccc2OC)C1. The van der Waals surface area contributed by atoms with Gasteiger partial charge in [-0.15, -0.1) is 0 Å². The molecule has 0 spiro atoms. The average molecular weight is 385 g/mol. The Balaban J connectivity index is 2.18. The molecule has 2 amide bonds. The smallest absolute Gasteiger partial charge is 0.323 e. The van der Waals surface area contributed by atoms with E-state index in [2.05, 4.69) is 0 Å². The Bertz CT molecular complexity index is 696. The van der Waals surface area contributed by atoms with Gasteiger partial charge in [-0.2, -0.15) is 0 Å². The molecule has 1 fully saturated rings. The molecule has 0 radical (unpaired) electrons. The Morgan fingerprint density at radius 3 is 2.73 bits per heavy atom. The first-order valence-corrected chi connectivity index (χ1v) is 8.38. The van der Waals surface area contributed by atoms with E-state index in [0.717, 1.165) is 0 Å². The molecule has 1 N–H and O–H groups in total. The maximum atomic E-state index is 12.7. The number of carboxylic acids is 1. The summed E-state index contributed by atoms with van der Waals surface area (Å²) >= 11 is 6.02. The summed E-state index contributed by atoms with van der Waals surface area (Å²) in [6.07, 6.45) is -0.00238. The molecule has 1 unspecified atom stereocenters. The zero-order valence-corrected chi connectivity index (χ0v) is 15.4. The van der Waals surface area contributed by atoms with Gasteiger partial charge < -0.3 is 24.4 Å². The predicted molar refractivity (Wildman–Crippen MR) is 94.6 cm³/mol. The molecule has 26 heavy (non-hydrogen) atoms. The van der Waals surface area contributed by atoms with Crippen LogP contribution in [0.2, 0.25) is 5.02 Å². The highest BCUT2D eigenvalue weighted by molar-refractivity contribution is 6.31. The van der Waals surface area contributed by atoms with Gasteiger partial charge in [0.05, 0.1) is 25.3 Å². The normalized spacial score (nSPS) is 16.7. The number of methoxy groups -OCH3 is 2. The minimum Gasteiger partial charge on any atom is -0.495 e. The van der Waals surface area contributed by atoms with Gasteiger partial charge >= 0.3 is 5.97 Å². The highest BCUT2D eigenvalue weighted by Gasteiger charge is 2.38. The largest absolute Gasteiger partial charge is 0.495 e. The van der Waals surface area contributed by atoms with Gasteiger partial charge in [0, 0.05) is 31.6 Å². The topological polar surface area (TPSA) is 96.4 Å². The third-order valence-corrected chi connectivity index (χ3v) is 4.34. The zero-order valence-electron chi connectivity index (χ0n) is 14.6. The summed E-state index contributed by atoms with van der Waals surface area (Å²) in [5, 5.41) is 9.45. The number of hydrogen-bond donors (Lipinski definition) is 1. The van der Waals surface area contributed by atoms with Crippen LogP contribution >= 0.6 is 11.6 Å². The third kappa shape index (κ3) is 4.64. The first-order chi connectivity index (χ1) is 12.4. The molecular formula is C17H21ClN2O6. The van der Waals surface area contributed by atoms with Gasteiger partial charge in [0.25, 0.3) is 0 Å². The van der Waals surface area contributed by atoms with E-state index in [1.165, 1.54) is 24.0 Å². The maximum Gasteiger partial charge on any atom is 0.323 e. The van der Waals surface area contributed by atoms with E-state index in [9.17, 15) is 14.4 Å². The Morgan fingerprint density at radius 2 is 2.12 bits per heavy atom. The summed E-state index contributed by atoms with van der Waals surface area (Å²) in [6.45, 7) is 0.0587. The van der Waals surface area contributed by atoms with Crippen LogP contribution in [0.3, 0.4) is 0 Å². The highest BCUT2D eigenvalue weighted by Crippen LogP contribution is 2.35. The van der Waals surface area contributed by atoms with Crippen molar-refractivity contribution in [3.63, 3.8) is 0 Å². The second kappa shape index (κ2) is 8.86. The molecule has 9 heteroatoms. The molecule has 1 aliphatic rings. The first kappa shape index (κ1) is 20.0. The number of aliphatic carboxylic acids is 1. The lowest BCUT2D eigenvalue weighted by molar-refractivity contribution is -0.146. The maximum absolute atomic E-state index is 12.7. The van der Waals surface area contributed by atoms with Crippen LogP contribution in [0, 0.1) is 5.92 Å². The van der Waals surface area contributed by atoms with Crippen molar-refractivity contribution >= 4 is 35.1 Å². The van der Waals surface area contributed by atoms with Crippen molar-refractivity contribution in [1.82, 2.24) is 4.90 Å². The summed E-state index contributed by atoms with van der Waals surface area (Å²) in [7, 11) is 2.95. The number of rotatable bonds is 8. The molecule has 0 aromatic heterocycles. The molecule has 1 atom stereocenters. The molecule has 0 saturated carbocycles. The van der Waals surface area contributed by atoms with E-state index in [4.69, 9.17) is 26.2 Å². The van der Waals surface area contributed by atoms with Crippen LogP contribution in [-0.2, 0) is 19.1 Å². The van der Waals surface area contributed by atoms with E-state index in [1.807, 2.05) is 0 Å². The number of carbonyl (C=O) groups excluding carboxylic acids is 2. The lowest BCUT2D eigenvalue weighted by Crippen LogP contribution is -2.42. The number of anilines is 1. The molecule has 142 valence electrons. The molecule has 1 aliphatic heterocycles. The fourth-order valence-corrected chi connectivity index (χ4v) is 3.04. The van der Waals surface area contributed by atoms with Crippen LogP contribution in [0.4, 0.5) is 5.69 Å². The van der Waals surface area contributed by atoms with Crippen molar-refractivity contribution < 1.29 is 29.0 Å². The fourth-order valence-electron chi connectivity index (χ4n) is 2.87. The summed E-state index contributed by atoms with van der Waals surface area (Å²) in [4.78, 5) is 38.8. The Hall–Kier alpha value is -2.32. The Kier molecular flexibility index (Phi) is 6.82. The van der Waals surface area contributed by atoms with Crippen LogP contribution in [0.25, 0.3) is 0 Å². The van der Waals surface area contributed by atoms with Gasteiger partial charge in [0.2, 0.25) is 11.8 Å². The molecule has 0 bridgehead atoms. The third-order valence-electron chi connectivity index (χ3n) is 4.11. The number of nitrogens with zero attached hydrogens (tertiary/aromatic N) is 2. The second-order valence-corrected chi connectivity index (χ2v) is 6.30. The number of amides is 2. The monoisotopic (exact) mass is 384 g/mol. The van der Waals surface area contributed by atoms with Crippen LogP contribution in [0.5, 0.6) is 5.75 Å². The van der Waals surface area contributed by atoms with Crippen LogP contribution in [0.15, 0.2) is 18.2 Å². The fraction of sp³-hybridized carbons (Fsp3) is 0.471. The van der Waals surface area contributed by atoms with Crippen molar-refractivity contribution in [2.24, 2.45) is 5.92 Å². The molecule has 1 saturated heterocycles. The summed E-state index contributed by atoms with van der Waals surface area (Å²) in [6, 6.07) is 4.90. The molecule has 2 rings (SSSR count). The zero-order chi connectivity index (χ0) is 19.3. The molecule has 0 aliphatic carbocycles. The van der Waals surface area contributed by atoms with E-state index in [-0.39, 0.29) is 37.9 Å². The number of carboxylic acid groups (broad SMARTS) is 1. The number of halogens is 1. The average Bonchev–Trinajstić information content (AvgIpc) is 2.99. The van der Waals surface area contributed by atoms with Crippen LogP contribution < -0.4 is 9.64 Å². The Morgan fingerprint density at radius 1 is 1.38 bits per heavy atom. The van der Waals surface area contributed by atoms with Gasteiger partial charge in [-0.1, -0.05) is 11.6 Å². The standard InChI is InChI=1S/C17H21ClN2O6/c1-25-6-5-19(10-16(22)23)17(24)11-7-15(21)20(9-11)13-8-12(18)3-4-14(13)26-2/h3-4,8,11H,5-7,9-10H2,1-2H3,(H,22,23). The van der Waals surface area contributed by atoms with E-state index in [1.54, 1.807) is 18.2 Å². The minimum atomic E-state index is -1.12. The van der Waals surface area contributed by atoms with E-state index < -0.39 is 18.4 Å². The van der Waals surface area contributed by atoms with E-state index in [0.29, 0.717) is 16.5 Å². The van der Waals surface area contributed by atoms with Gasteiger partial charge in [0.1, 0.15) is 12.3 Å². The van der Waals surface area contributed by atoms with Gasteiger partial charge in [-0.25, -0.2) is 0 Å². The van der Waals surface area contributed by atoms with Crippen molar-refractivity contribution in [2.75, 3.05) is 45.4 Å². The quantitative estimate of drug-likeness (QED) is 0.724. The van der Waals surface area contributed by atoms with Crippen molar-refractivity contribution in [2.45, 2.75) is 6.42 Å². The summed E-state index contributed by atoms with van der Waals surface area (Å²) in [5.74, 6) is -1.92.